The van der Waals surface area contributed by atoms with Gasteiger partial charge >= 0.3 is 5.82 Å². The zero-order valence-electron chi connectivity index (χ0n) is 10.1. The number of aromatic nitrogens is 4. The molecule has 0 spiro atoms. The number of aliphatic imine (C=N–C) groups is 1. The van der Waals surface area contributed by atoms with Gasteiger partial charge in [-0.15, -0.1) is 0 Å². The van der Waals surface area contributed by atoms with Crippen LogP contribution in [0.1, 0.15) is 17.1 Å². The predicted octanol–water partition coefficient (Wildman–Crippen LogP) is -2.43. The van der Waals surface area contributed by atoms with Crippen molar-refractivity contribution in [3.8, 4) is 0 Å². The Morgan fingerprint density at radius 1 is 1.25 bits per heavy atom. The Balaban J connectivity index is 2.04. The van der Waals surface area contributed by atoms with Gasteiger partial charge in [0.05, 0.1) is 11.7 Å². The van der Waals surface area contributed by atoms with Crippen LogP contribution < -0.4 is 21.0 Å². The van der Waals surface area contributed by atoms with Crippen LogP contribution in [0.3, 0.4) is 0 Å². The second-order valence-electron chi connectivity index (χ2n) is 3.86. The molecule has 0 bridgehead atoms. The molecule has 0 saturated carbocycles. The van der Waals surface area contributed by atoms with Crippen LogP contribution in [0, 0.1) is 17.3 Å². The molecule has 2 aromatic rings. The third kappa shape index (κ3) is 1.70. The van der Waals surface area contributed by atoms with Crippen molar-refractivity contribution < 1.29 is 19.1 Å². The van der Waals surface area contributed by atoms with Gasteiger partial charge in [-0.25, -0.2) is 4.99 Å². The number of nitrogens with zero attached hydrogens (tertiary/aromatic N) is 6. The highest BCUT2D eigenvalue weighted by Gasteiger charge is 2.28. The Labute approximate surface area is 110 Å². The number of nitrogens with one attached hydrogen (secondary N) is 1. The number of hydrogen-bond acceptors (Lipinski definition) is 10. The first-order valence-corrected chi connectivity index (χ1v) is 5.38. The van der Waals surface area contributed by atoms with Crippen molar-refractivity contribution in [1.82, 2.24) is 15.7 Å². The van der Waals surface area contributed by atoms with Gasteiger partial charge in [0.2, 0.25) is 11.5 Å². The smallest absolute Gasteiger partial charge is 0.314 e. The molecule has 104 valence electrons. The molecule has 2 aromatic heterocycles. The van der Waals surface area contributed by atoms with E-state index in [-0.39, 0.29) is 50.8 Å². The summed E-state index contributed by atoms with van der Waals surface area (Å²) in [6.07, 6.45) is 0. The largest absolute Gasteiger partial charge is 0.359 e. The van der Waals surface area contributed by atoms with Crippen molar-refractivity contribution in [1.29, 1.82) is 0 Å². The summed E-state index contributed by atoms with van der Waals surface area (Å²) in [5.74, 6) is -0.0136. The van der Waals surface area contributed by atoms with Crippen molar-refractivity contribution in [2.24, 2.45) is 10.1 Å². The Hall–Kier alpha value is -3.18. The normalized spacial score (nSPS) is 14.7. The summed E-state index contributed by atoms with van der Waals surface area (Å²) in [4.78, 5) is 4.49. The van der Waals surface area contributed by atoms with E-state index in [0.717, 1.165) is 0 Å². The highest BCUT2D eigenvalue weighted by molar-refractivity contribution is 6.13. The number of nitrogens with two attached hydrogens (primary N) is 1. The van der Waals surface area contributed by atoms with E-state index in [1.807, 2.05) is 0 Å². The van der Waals surface area contributed by atoms with E-state index >= 15 is 0 Å². The average Bonchev–Trinajstić information content (AvgIpc) is 2.94. The fourth-order valence-corrected chi connectivity index (χ4v) is 1.63. The molecule has 0 unspecified atom stereocenters. The van der Waals surface area contributed by atoms with Gasteiger partial charge in [-0.2, -0.15) is 5.10 Å². The van der Waals surface area contributed by atoms with E-state index in [1.54, 1.807) is 0 Å². The molecule has 3 heterocycles. The minimum absolute atomic E-state index is 0.0268. The molecule has 3 rings (SSSR count). The monoisotopic (exact) mass is 280 g/mol. The summed E-state index contributed by atoms with van der Waals surface area (Å²) < 4.78 is 8.80. The van der Waals surface area contributed by atoms with E-state index in [4.69, 9.17) is 5.73 Å². The van der Waals surface area contributed by atoms with E-state index < -0.39 is 0 Å². The Bertz CT molecular complexity index is 709. The van der Waals surface area contributed by atoms with Crippen LogP contribution >= 0.6 is 0 Å². The minimum Gasteiger partial charge on any atom is -0.359 e. The maximum Gasteiger partial charge on any atom is 0.314 e. The fraction of sp³-hybridized carbons (Fsp3) is 0.250. The van der Waals surface area contributed by atoms with Crippen LogP contribution in [0.2, 0.25) is 0 Å². The van der Waals surface area contributed by atoms with E-state index in [9.17, 15) is 10.4 Å². The molecule has 1 aliphatic heterocycles. The van der Waals surface area contributed by atoms with Gasteiger partial charge in [-0.05, 0) is 9.81 Å². The molecular formula is C8H8N8O4. The van der Waals surface area contributed by atoms with Gasteiger partial charge in [-0.3, -0.25) is 9.26 Å². The molecule has 0 saturated heterocycles. The van der Waals surface area contributed by atoms with Gasteiger partial charge in [0, 0.05) is 12.1 Å². The van der Waals surface area contributed by atoms with Gasteiger partial charge in [0.1, 0.15) is 5.71 Å². The molecule has 0 aromatic carbocycles. The van der Waals surface area contributed by atoms with Crippen LogP contribution in [0.4, 0.5) is 5.82 Å². The van der Waals surface area contributed by atoms with Crippen LogP contribution in [-0.4, -0.2) is 28.4 Å². The number of rotatable bonds is 2. The number of anilines is 1. The Morgan fingerprint density at radius 3 is 2.60 bits per heavy atom. The number of amidine groups is 1. The average molecular weight is 280 g/mol. The fourth-order valence-electron chi connectivity index (χ4n) is 1.63. The molecule has 3 N–H and O–H groups in total. The molecule has 0 atom stereocenters. The predicted molar refractivity (Wildman–Crippen MR) is 61.2 cm³/mol. The summed E-state index contributed by atoms with van der Waals surface area (Å²) in [7, 11) is 0. The van der Waals surface area contributed by atoms with Crippen molar-refractivity contribution in [2.75, 3.05) is 12.3 Å². The van der Waals surface area contributed by atoms with Crippen molar-refractivity contribution in [3.05, 3.63) is 27.5 Å². The van der Waals surface area contributed by atoms with Gasteiger partial charge < -0.3 is 21.6 Å². The molecule has 0 fully saturated rings. The lowest BCUT2D eigenvalue weighted by molar-refractivity contribution is -0.806. The summed E-state index contributed by atoms with van der Waals surface area (Å²) in [6.45, 7) is 1.64. The molecule has 12 nitrogen and oxygen atoms in total. The maximum absolute atomic E-state index is 11.4. The molecule has 20 heavy (non-hydrogen) atoms. The lowest BCUT2D eigenvalue weighted by Crippen LogP contribution is -2.38. The molecular weight excluding hydrogens is 272 g/mol. The quantitative estimate of drug-likeness (QED) is 0.572. The second-order valence-corrected chi connectivity index (χ2v) is 3.86. The Kier molecular flexibility index (Phi) is 2.49. The van der Waals surface area contributed by atoms with E-state index in [0.29, 0.717) is 0 Å². The highest BCUT2D eigenvalue weighted by atomic mass is 16.8. The van der Waals surface area contributed by atoms with E-state index in [1.165, 1.54) is 6.92 Å². The molecule has 12 heteroatoms. The van der Waals surface area contributed by atoms with E-state index in [2.05, 4.69) is 35.1 Å². The molecule has 1 aliphatic rings. The first-order valence-electron chi connectivity index (χ1n) is 5.38. The third-order valence-corrected chi connectivity index (χ3v) is 2.62. The lowest BCUT2D eigenvalue weighted by atomic mass is 10.2. The first kappa shape index (κ1) is 11.9. The standard InChI is InChI=1S/C8H8N8O4/c1-3-5(13-19-15(3)17)8-11-4(2-10-12-8)6-7(9)14-20-16(6)18/h10H,2H2,1H3,(H2,9,14). The number of hydrogen-bond donors (Lipinski definition) is 2. The van der Waals surface area contributed by atoms with Gasteiger partial charge in [-0.1, -0.05) is 0 Å². The van der Waals surface area contributed by atoms with Crippen LogP contribution in [-0.2, 0) is 0 Å². The molecule has 0 aliphatic carbocycles. The van der Waals surface area contributed by atoms with Crippen LogP contribution in [0.25, 0.3) is 0 Å². The molecule has 0 radical (unpaired) electrons. The zero-order chi connectivity index (χ0) is 14.3. The lowest BCUT2D eigenvalue weighted by Gasteiger charge is -2.08. The second kappa shape index (κ2) is 4.18. The minimum atomic E-state index is -0.0995. The zero-order valence-corrected chi connectivity index (χ0v) is 10.1. The third-order valence-electron chi connectivity index (χ3n) is 2.62. The summed E-state index contributed by atoms with van der Waals surface area (Å²) in [5, 5.41) is 33.4. The Morgan fingerprint density at radius 2 is 2.00 bits per heavy atom. The topological polar surface area (TPSA) is 169 Å². The van der Waals surface area contributed by atoms with Crippen LogP contribution in [0.15, 0.2) is 19.4 Å². The van der Waals surface area contributed by atoms with Crippen molar-refractivity contribution in [3.63, 3.8) is 0 Å². The number of nitrogen functional groups attached to an aromatic ring is 1. The van der Waals surface area contributed by atoms with Gasteiger partial charge in [0.25, 0.3) is 11.4 Å². The highest BCUT2D eigenvalue weighted by Crippen LogP contribution is 2.10. The van der Waals surface area contributed by atoms with Gasteiger partial charge in [0.15, 0.2) is 0 Å². The van der Waals surface area contributed by atoms with Crippen molar-refractivity contribution in [2.45, 2.75) is 6.92 Å². The summed E-state index contributed by atoms with van der Waals surface area (Å²) in [6, 6.07) is 0. The summed E-state index contributed by atoms with van der Waals surface area (Å²) >= 11 is 0. The van der Waals surface area contributed by atoms with Crippen LogP contribution in [0.5, 0.6) is 0 Å². The summed E-state index contributed by atoms with van der Waals surface area (Å²) in [5.41, 5.74) is 8.74. The first-order chi connectivity index (χ1) is 9.58. The van der Waals surface area contributed by atoms with Crippen molar-refractivity contribution >= 4 is 17.4 Å². The SMILES string of the molecule is Cc1c(C2=NNCC(c3c(N)no[n+]3[O-])=N2)no[n+]1[O-]. The molecule has 0 amide bonds. The number of hydrazone groups is 1. The maximum atomic E-state index is 11.4.